The van der Waals surface area contributed by atoms with Crippen LogP contribution in [0.3, 0.4) is 0 Å². The maximum absolute atomic E-state index is 9.27. The van der Waals surface area contributed by atoms with Gasteiger partial charge in [-0.3, -0.25) is 4.98 Å². The van der Waals surface area contributed by atoms with Gasteiger partial charge in [-0.1, -0.05) is 12.1 Å². The average molecular weight is 305 g/mol. The first-order valence-corrected chi connectivity index (χ1v) is 7.39. The van der Waals surface area contributed by atoms with Crippen LogP contribution in [0.2, 0.25) is 0 Å². The molecule has 106 valence electrons. The molecule has 0 radical (unpaired) electrons. The monoisotopic (exact) mass is 305 g/mol. The molecule has 0 aliphatic heterocycles. The van der Waals surface area contributed by atoms with Crippen molar-refractivity contribution in [2.75, 3.05) is 0 Å². The van der Waals surface area contributed by atoms with Gasteiger partial charge in [0, 0.05) is 18.5 Å². The average Bonchev–Trinajstić information content (AvgIpc) is 3.01. The summed E-state index contributed by atoms with van der Waals surface area (Å²) in [4.78, 5) is 8.41. The van der Waals surface area contributed by atoms with Crippen LogP contribution in [0.1, 0.15) is 11.5 Å². The molecule has 0 saturated heterocycles. The SMILES string of the molecule is N#C/C(=C\c1ccc(Sc2ccccn2)o1)c1ccccn1. The van der Waals surface area contributed by atoms with Crippen LogP contribution in [0.15, 0.2) is 75.5 Å². The van der Waals surface area contributed by atoms with Crippen LogP contribution in [0.25, 0.3) is 11.6 Å². The summed E-state index contributed by atoms with van der Waals surface area (Å²) in [5, 5.41) is 10.9. The molecule has 0 atom stereocenters. The van der Waals surface area contributed by atoms with Crippen molar-refractivity contribution in [3.05, 3.63) is 72.4 Å². The number of furan rings is 1. The molecule has 3 rings (SSSR count). The summed E-state index contributed by atoms with van der Waals surface area (Å²) in [7, 11) is 0. The van der Waals surface area contributed by atoms with Crippen LogP contribution < -0.4 is 0 Å². The van der Waals surface area contributed by atoms with Crippen LogP contribution in [0.5, 0.6) is 0 Å². The molecule has 5 heteroatoms. The topological polar surface area (TPSA) is 62.7 Å². The van der Waals surface area contributed by atoms with Crippen LogP contribution in [-0.2, 0) is 0 Å². The Morgan fingerprint density at radius 3 is 2.55 bits per heavy atom. The van der Waals surface area contributed by atoms with E-state index in [1.54, 1.807) is 24.5 Å². The third-order valence-corrected chi connectivity index (χ3v) is 3.66. The Labute approximate surface area is 132 Å². The van der Waals surface area contributed by atoms with Crippen LogP contribution >= 0.6 is 11.8 Å². The van der Waals surface area contributed by atoms with Gasteiger partial charge >= 0.3 is 0 Å². The van der Waals surface area contributed by atoms with Crippen molar-refractivity contribution in [2.24, 2.45) is 0 Å². The van der Waals surface area contributed by atoms with Gasteiger partial charge in [-0.05, 0) is 48.2 Å². The third-order valence-electron chi connectivity index (χ3n) is 2.79. The molecule has 3 aromatic heterocycles. The van der Waals surface area contributed by atoms with Crippen molar-refractivity contribution in [1.82, 2.24) is 9.97 Å². The van der Waals surface area contributed by atoms with E-state index >= 15 is 0 Å². The highest BCUT2D eigenvalue weighted by Gasteiger charge is 2.06. The lowest BCUT2D eigenvalue weighted by atomic mass is 10.1. The molecule has 3 aromatic rings. The van der Waals surface area contributed by atoms with E-state index in [4.69, 9.17) is 4.42 Å². The molecule has 3 heterocycles. The number of allylic oxidation sites excluding steroid dienone is 1. The van der Waals surface area contributed by atoms with Crippen molar-refractivity contribution in [3.63, 3.8) is 0 Å². The Bertz CT molecular complexity index is 820. The zero-order valence-corrected chi connectivity index (χ0v) is 12.3. The van der Waals surface area contributed by atoms with E-state index in [0.717, 1.165) is 10.1 Å². The Morgan fingerprint density at radius 2 is 1.86 bits per heavy atom. The van der Waals surface area contributed by atoms with Crippen molar-refractivity contribution < 1.29 is 4.42 Å². The molecular weight excluding hydrogens is 294 g/mol. The van der Waals surface area contributed by atoms with Gasteiger partial charge in [-0.15, -0.1) is 0 Å². The van der Waals surface area contributed by atoms with E-state index < -0.39 is 0 Å². The zero-order chi connectivity index (χ0) is 15.2. The van der Waals surface area contributed by atoms with Crippen molar-refractivity contribution in [1.29, 1.82) is 5.26 Å². The summed E-state index contributed by atoms with van der Waals surface area (Å²) in [6, 6.07) is 17.0. The van der Waals surface area contributed by atoms with E-state index in [-0.39, 0.29) is 0 Å². The maximum Gasteiger partial charge on any atom is 0.167 e. The fourth-order valence-electron chi connectivity index (χ4n) is 1.81. The highest BCUT2D eigenvalue weighted by molar-refractivity contribution is 7.99. The molecule has 0 aromatic carbocycles. The molecule has 0 N–H and O–H groups in total. The second-order valence-electron chi connectivity index (χ2n) is 4.31. The predicted octanol–water partition coefficient (Wildman–Crippen LogP) is 4.28. The molecular formula is C17H11N3OS. The van der Waals surface area contributed by atoms with Gasteiger partial charge in [0.1, 0.15) is 16.9 Å². The molecule has 0 spiro atoms. The lowest BCUT2D eigenvalue weighted by molar-refractivity contribution is 0.466. The molecule has 0 unspecified atom stereocenters. The molecule has 22 heavy (non-hydrogen) atoms. The quantitative estimate of drug-likeness (QED) is 0.673. The van der Waals surface area contributed by atoms with E-state index in [1.807, 2.05) is 42.5 Å². The lowest BCUT2D eigenvalue weighted by Gasteiger charge is -1.97. The molecule has 0 aliphatic rings. The van der Waals surface area contributed by atoms with Gasteiger partial charge in [0.2, 0.25) is 0 Å². The number of pyridine rings is 2. The van der Waals surface area contributed by atoms with Gasteiger partial charge in [0.05, 0.1) is 11.3 Å². The van der Waals surface area contributed by atoms with E-state index in [1.165, 1.54) is 11.8 Å². The zero-order valence-electron chi connectivity index (χ0n) is 11.5. The highest BCUT2D eigenvalue weighted by atomic mass is 32.2. The van der Waals surface area contributed by atoms with E-state index in [9.17, 15) is 5.26 Å². The fourth-order valence-corrected chi connectivity index (χ4v) is 2.55. The molecule has 0 aliphatic carbocycles. The van der Waals surface area contributed by atoms with Gasteiger partial charge in [0.15, 0.2) is 5.09 Å². The number of hydrogen-bond donors (Lipinski definition) is 0. The van der Waals surface area contributed by atoms with E-state index in [0.29, 0.717) is 17.0 Å². The second kappa shape index (κ2) is 6.74. The fraction of sp³-hybridized carbons (Fsp3) is 0. The minimum Gasteiger partial charge on any atom is -0.450 e. The Kier molecular flexibility index (Phi) is 4.33. The smallest absolute Gasteiger partial charge is 0.167 e. The minimum atomic E-state index is 0.462. The van der Waals surface area contributed by atoms with Crippen molar-refractivity contribution in [3.8, 4) is 6.07 Å². The Morgan fingerprint density at radius 1 is 1.05 bits per heavy atom. The number of rotatable bonds is 4. The Balaban J connectivity index is 1.82. The van der Waals surface area contributed by atoms with Gasteiger partial charge < -0.3 is 4.42 Å². The first-order valence-electron chi connectivity index (χ1n) is 6.57. The maximum atomic E-state index is 9.27. The summed E-state index contributed by atoms with van der Waals surface area (Å²) in [6.07, 6.45) is 5.08. The largest absolute Gasteiger partial charge is 0.450 e. The number of nitriles is 1. The van der Waals surface area contributed by atoms with Crippen molar-refractivity contribution in [2.45, 2.75) is 10.1 Å². The third kappa shape index (κ3) is 3.43. The van der Waals surface area contributed by atoms with Crippen molar-refractivity contribution >= 4 is 23.4 Å². The predicted molar refractivity (Wildman–Crippen MR) is 84.8 cm³/mol. The van der Waals surface area contributed by atoms with Gasteiger partial charge in [-0.25, -0.2) is 4.98 Å². The van der Waals surface area contributed by atoms with Crippen LogP contribution in [-0.4, -0.2) is 9.97 Å². The first kappa shape index (κ1) is 14.1. The molecule has 0 saturated carbocycles. The van der Waals surface area contributed by atoms with Gasteiger partial charge in [0.25, 0.3) is 0 Å². The van der Waals surface area contributed by atoms with E-state index in [2.05, 4.69) is 16.0 Å². The minimum absolute atomic E-state index is 0.462. The highest BCUT2D eigenvalue weighted by Crippen LogP contribution is 2.28. The molecule has 0 bridgehead atoms. The molecule has 4 nitrogen and oxygen atoms in total. The number of nitrogens with zero attached hydrogens (tertiary/aromatic N) is 3. The summed E-state index contributed by atoms with van der Waals surface area (Å²) in [5.74, 6) is 0.612. The lowest BCUT2D eigenvalue weighted by Crippen LogP contribution is -1.84. The molecule has 0 fully saturated rings. The normalized spacial score (nSPS) is 11.1. The number of aromatic nitrogens is 2. The van der Waals surface area contributed by atoms with Crippen LogP contribution in [0.4, 0.5) is 0 Å². The summed E-state index contributed by atoms with van der Waals surface area (Å²) < 4.78 is 5.71. The Hall–Kier alpha value is -2.84. The van der Waals surface area contributed by atoms with Gasteiger partial charge in [-0.2, -0.15) is 5.26 Å². The summed E-state index contributed by atoms with van der Waals surface area (Å²) in [6.45, 7) is 0. The standard InChI is InChI=1S/C17H11N3OS/c18-12-13(15-5-1-3-9-19-15)11-14-7-8-17(21-14)22-16-6-2-4-10-20-16/h1-11H/b13-11+. The second-order valence-corrected chi connectivity index (χ2v) is 5.34. The molecule has 0 amide bonds. The number of hydrogen-bond acceptors (Lipinski definition) is 5. The van der Waals surface area contributed by atoms with Crippen LogP contribution in [0, 0.1) is 11.3 Å². The first-order chi connectivity index (χ1) is 10.8. The summed E-state index contributed by atoms with van der Waals surface area (Å²) in [5.41, 5.74) is 1.09. The summed E-state index contributed by atoms with van der Waals surface area (Å²) >= 11 is 1.43.